The van der Waals surface area contributed by atoms with Crippen LogP contribution < -0.4 is 24.3 Å². The molecule has 2 atom stereocenters. The van der Waals surface area contributed by atoms with Gasteiger partial charge in [-0.2, -0.15) is 0 Å². The second kappa shape index (κ2) is 8.66. The lowest BCUT2D eigenvalue weighted by molar-refractivity contribution is 0.0606. The largest absolute Gasteiger partial charge is 0.493 e. The number of hydrogen-bond donors (Lipinski definition) is 1. The Morgan fingerprint density at radius 2 is 2.00 bits per heavy atom. The topological polar surface area (TPSA) is 66.0 Å². The number of para-hydroxylation sites is 2. The molecule has 6 heteroatoms. The maximum Gasteiger partial charge on any atom is 0.251 e. The minimum Gasteiger partial charge on any atom is -0.493 e. The van der Waals surface area contributed by atoms with Gasteiger partial charge in [-0.05, 0) is 43.7 Å². The summed E-state index contributed by atoms with van der Waals surface area (Å²) in [6, 6.07) is 12.4. The van der Waals surface area contributed by atoms with E-state index in [0.29, 0.717) is 36.0 Å². The normalized spacial score (nSPS) is 16.3. The predicted molar refractivity (Wildman–Crippen MR) is 102 cm³/mol. The molecule has 0 fully saturated rings. The number of nitrogens with one attached hydrogen (secondary N) is 1. The van der Waals surface area contributed by atoms with Gasteiger partial charge in [-0.25, -0.2) is 0 Å². The smallest absolute Gasteiger partial charge is 0.251 e. The number of amides is 1. The van der Waals surface area contributed by atoms with E-state index in [2.05, 4.69) is 5.32 Å². The van der Waals surface area contributed by atoms with Crippen LogP contribution in [0.2, 0.25) is 0 Å². The minimum atomic E-state index is -0.266. The third kappa shape index (κ3) is 4.45. The summed E-state index contributed by atoms with van der Waals surface area (Å²) in [5.74, 6) is 2.37. The first-order chi connectivity index (χ1) is 13.1. The van der Waals surface area contributed by atoms with Crippen molar-refractivity contribution in [1.82, 2.24) is 5.32 Å². The van der Waals surface area contributed by atoms with Crippen LogP contribution in [-0.2, 0) is 0 Å². The molecular formula is C21H25NO5. The van der Waals surface area contributed by atoms with Gasteiger partial charge in [0.05, 0.1) is 19.8 Å². The van der Waals surface area contributed by atoms with Crippen molar-refractivity contribution < 1.29 is 23.7 Å². The molecule has 1 aliphatic heterocycles. The van der Waals surface area contributed by atoms with E-state index < -0.39 is 0 Å². The highest BCUT2D eigenvalue weighted by Gasteiger charge is 2.27. The van der Waals surface area contributed by atoms with Crippen LogP contribution in [0.4, 0.5) is 0 Å². The minimum absolute atomic E-state index is 0.203. The Hall–Kier alpha value is -2.89. The monoisotopic (exact) mass is 371 g/mol. The molecule has 1 N–H and O–H groups in total. The summed E-state index contributed by atoms with van der Waals surface area (Å²) in [6.07, 6.45) is 0.632. The molecule has 0 saturated heterocycles. The Labute approximate surface area is 159 Å². The quantitative estimate of drug-likeness (QED) is 0.808. The highest BCUT2D eigenvalue weighted by atomic mass is 16.6. The van der Waals surface area contributed by atoms with Crippen LogP contribution in [0.15, 0.2) is 42.5 Å². The Balaban J connectivity index is 1.64. The molecule has 144 valence electrons. The van der Waals surface area contributed by atoms with Gasteiger partial charge in [-0.1, -0.05) is 19.1 Å². The van der Waals surface area contributed by atoms with Crippen molar-refractivity contribution >= 4 is 5.91 Å². The lowest BCUT2D eigenvalue weighted by atomic mass is 10.1. The van der Waals surface area contributed by atoms with Gasteiger partial charge >= 0.3 is 0 Å². The fourth-order valence-corrected chi connectivity index (χ4v) is 2.81. The number of benzene rings is 2. The number of ether oxygens (including phenoxy) is 4. The lowest BCUT2D eigenvalue weighted by Crippen LogP contribution is -2.48. The predicted octanol–water partition coefficient (Wildman–Crippen LogP) is 3.44. The zero-order valence-corrected chi connectivity index (χ0v) is 15.9. The molecule has 6 nitrogen and oxygen atoms in total. The van der Waals surface area contributed by atoms with Gasteiger partial charge in [-0.3, -0.25) is 4.79 Å². The van der Waals surface area contributed by atoms with Crippen molar-refractivity contribution in [2.75, 3.05) is 20.3 Å². The van der Waals surface area contributed by atoms with Crippen molar-refractivity contribution in [3.63, 3.8) is 0 Å². The average molecular weight is 371 g/mol. The SMILES string of the molecule is CCCOc1ccc(C(=O)N[C@@H](C)[C@@H]2COc3ccccc3O2)cc1OC. The number of carbonyl (C=O) groups is 1. The van der Waals surface area contributed by atoms with E-state index in [9.17, 15) is 4.79 Å². The van der Waals surface area contributed by atoms with Crippen molar-refractivity contribution in [3.8, 4) is 23.0 Å². The number of fused-ring (bicyclic) bond motifs is 1. The molecule has 0 unspecified atom stereocenters. The highest BCUT2D eigenvalue weighted by Crippen LogP contribution is 2.32. The molecule has 2 aromatic rings. The van der Waals surface area contributed by atoms with Gasteiger partial charge in [0.2, 0.25) is 0 Å². The summed E-state index contributed by atoms with van der Waals surface area (Å²) in [5, 5.41) is 2.97. The van der Waals surface area contributed by atoms with Crippen molar-refractivity contribution in [2.24, 2.45) is 0 Å². The Morgan fingerprint density at radius 1 is 1.22 bits per heavy atom. The molecule has 3 rings (SSSR count). The van der Waals surface area contributed by atoms with Gasteiger partial charge in [0, 0.05) is 5.56 Å². The van der Waals surface area contributed by atoms with Gasteiger partial charge < -0.3 is 24.3 Å². The van der Waals surface area contributed by atoms with Crippen LogP contribution in [0.5, 0.6) is 23.0 Å². The summed E-state index contributed by atoms with van der Waals surface area (Å²) >= 11 is 0. The fourth-order valence-electron chi connectivity index (χ4n) is 2.81. The first kappa shape index (κ1) is 18.9. The fraction of sp³-hybridized carbons (Fsp3) is 0.381. The number of hydrogen-bond acceptors (Lipinski definition) is 5. The molecule has 2 aromatic carbocycles. The van der Waals surface area contributed by atoms with E-state index in [-0.39, 0.29) is 18.1 Å². The third-order valence-corrected chi connectivity index (χ3v) is 4.33. The lowest BCUT2D eigenvalue weighted by Gasteiger charge is -2.30. The molecule has 0 saturated carbocycles. The second-order valence-electron chi connectivity index (χ2n) is 6.39. The summed E-state index contributed by atoms with van der Waals surface area (Å²) in [6.45, 7) is 4.91. The molecule has 1 amide bonds. The maximum atomic E-state index is 12.6. The Morgan fingerprint density at radius 3 is 2.74 bits per heavy atom. The summed E-state index contributed by atoms with van der Waals surface area (Å²) in [5.41, 5.74) is 0.500. The van der Waals surface area contributed by atoms with E-state index in [0.717, 1.165) is 12.2 Å². The van der Waals surface area contributed by atoms with E-state index in [1.54, 1.807) is 25.3 Å². The van der Waals surface area contributed by atoms with Crippen LogP contribution in [0.3, 0.4) is 0 Å². The summed E-state index contributed by atoms with van der Waals surface area (Å²) < 4.78 is 22.6. The van der Waals surface area contributed by atoms with E-state index >= 15 is 0 Å². The molecule has 1 heterocycles. The molecule has 0 radical (unpaired) electrons. The standard InChI is InChI=1S/C21H25NO5/c1-4-11-25-17-10-9-15(12-19(17)24-3)21(23)22-14(2)20-13-26-16-7-5-6-8-18(16)27-20/h5-10,12,14,20H,4,11,13H2,1-3H3,(H,22,23)/t14-,20-/m0/s1. The van der Waals surface area contributed by atoms with Crippen LogP contribution >= 0.6 is 0 Å². The van der Waals surface area contributed by atoms with Gasteiger partial charge in [-0.15, -0.1) is 0 Å². The maximum absolute atomic E-state index is 12.6. The van der Waals surface area contributed by atoms with Crippen LogP contribution in [0.25, 0.3) is 0 Å². The number of rotatable bonds is 7. The van der Waals surface area contributed by atoms with Crippen LogP contribution in [0, 0.1) is 0 Å². The third-order valence-electron chi connectivity index (χ3n) is 4.33. The van der Waals surface area contributed by atoms with Gasteiger partial charge in [0.1, 0.15) is 6.61 Å². The zero-order chi connectivity index (χ0) is 19.2. The van der Waals surface area contributed by atoms with E-state index in [1.165, 1.54) is 0 Å². The molecule has 0 bridgehead atoms. The summed E-state index contributed by atoms with van der Waals surface area (Å²) in [4.78, 5) is 12.6. The molecular weight excluding hydrogens is 346 g/mol. The van der Waals surface area contributed by atoms with Crippen LogP contribution in [-0.4, -0.2) is 38.4 Å². The van der Waals surface area contributed by atoms with Crippen molar-refractivity contribution in [2.45, 2.75) is 32.4 Å². The number of carbonyl (C=O) groups excluding carboxylic acids is 1. The molecule has 0 spiro atoms. The van der Waals surface area contributed by atoms with E-state index in [1.807, 2.05) is 38.1 Å². The van der Waals surface area contributed by atoms with Crippen molar-refractivity contribution in [1.29, 1.82) is 0 Å². The average Bonchev–Trinajstić information content (AvgIpc) is 2.71. The first-order valence-corrected chi connectivity index (χ1v) is 9.12. The second-order valence-corrected chi connectivity index (χ2v) is 6.39. The Kier molecular flexibility index (Phi) is 6.06. The zero-order valence-electron chi connectivity index (χ0n) is 15.9. The van der Waals surface area contributed by atoms with Crippen LogP contribution in [0.1, 0.15) is 30.6 Å². The van der Waals surface area contributed by atoms with E-state index in [4.69, 9.17) is 18.9 Å². The molecule has 0 aromatic heterocycles. The Bertz CT molecular complexity index is 792. The number of methoxy groups -OCH3 is 1. The molecule has 0 aliphatic carbocycles. The molecule has 27 heavy (non-hydrogen) atoms. The summed E-state index contributed by atoms with van der Waals surface area (Å²) in [7, 11) is 1.56. The van der Waals surface area contributed by atoms with Crippen molar-refractivity contribution in [3.05, 3.63) is 48.0 Å². The van der Waals surface area contributed by atoms with Gasteiger partial charge in [0.25, 0.3) is 5.91 Å². The van der Waals surface area contributed by atoms with Gasteiger partial charge in [0.15, 0.2) is 29.1 Å². The highest BCUT2D eigenvalue weighted by molar-refractivity contribution is 5.95. The first-order valence-electron chi connectivity index (χ1n) is 9.12. The molecule has 1 aliphatic rings.